The molecule has 11 heteroatoms. The number of nitrogens with one attached hydrogen (secondary N) is 3. The van der Waals surface area contributed by atoms with E-state index in [1.54, 1.807) is 0 Å². The van der Waals surface area contributed by atoms with Gasteiger partial charge in [-0.15, -0.1) is 0 Å². The van der Waals surface area contributed by atoms with E-state index in [1.807, 2.05) is 17.4 Å². The van der Waals surface area contributed by atoms with Gasteiger partial charge in [-0.2, -0.15) is 5.10 Å². The Balaban J connectivity index is 1.56. The SMILES string of the molecule is C=C(C(NC(c1cnc(/N=C(\C(/C=C2\CCCNC2=O)=C(C)CC)C2CCOC(C)(C)C2)[nH]1)C1CCC(F)(F)CC1)=C1CCC1)N(CC)/N=C\CCC. The number of carbonyl (C=O) groups excluding carboxylic acids is 1. The van der Waals surface area contributed by atoms with Crippen molar-refractivity contribution in [2.45, 2.75) is 149 Å². The van der Waals surface area contributed by atoms with Crippen molar-refractivity contribution in [1.29, 1.82) is 0 Å². The van der Waals surface area contributed by atoms with Crippen molar-refractivity contribution >= 4 is 23.8 Å². The maximum atomic E-state index is 14.5. The second-order valence-electron chi connectivity index (χ2n) is 15.9. The lowest BCUT2D eigenvalue weighted by Gasteiger charge is -2.37. The van der Waals surface area contributed by atoms with Crippen LogP contribution in [0.3, 0.4) is 0 Å². The van der Waals surface area contributed by atoms with Crippen molar-refractivity contribution in [3.05, 3.63) is 58.2 Å². The number of carbonyl (C=O) groups is 1. The second-order valence-corrected chi connectivity index (χ2v) is 15.9. The Bertz CT molecular complexity index is 1600. The van der Waals surface area contributed by atoms with E-state index >= 15 is 0 Å². The van der Waals surface area contributed by atoms with Gasteiger partial charge < -0.3 is 20.4 Å². The molecule has 2 saturated heterocycles. The first-order chi connectivity index (χ1) is 25.3. The monoisotopic (exact) mass is 736 g/mol. The molecule has 1 aromatic rings. The van der Waals surface area contributed by atoms with Crippen LogP contribution in [0.4, 0.5) is 14.7 Å². The van der Waals surface area contributed by atoms with E-state index in [4.69, 9.17) is 19.8 Å². The van der Waals surface area contributed by atoms with E-state index in [2.05, 4.69) is 69.8 Å². The lowest BCUT2D eigenvalue weighted by Crippen LogP contribution is -2.37. The molecule has 1 aromatic heterocycles. The molecule has 4 aliphatic rings. The average Bonchev–Trinajstić information content (AvgIpc) is 3.57. The normalized spacial score (nSPS) is 24.0. The van der Waals surface area contributed by atoms with Crippen molar-refractivity contribution in [2.24, 2.45) is 21.9 Å². The number of likely N-dealkylation sites (N-methyl/N-ethyl adjacent to an activating group) is 1. The zero-order chi connectivity index (χ0) is 38.2. The van der Waals surface area contributed by atoms with Crippen molar-refractivity contribution in [2.75, 3.05) is 19.7 Å². The molecule has 0 aromatic carbocycles. The molecule has 1 amide bonds. The minimum absolute atomic E-state index is 0.0211. The Morgan fingerprint density at radius 3 is 2.55 bits per heavy atom. The number of H-pyrrole nitrogens is 1. The molecule has 0 bridgehead atoms. The number of piperidine rings is 1. The highest BCUT2D eigenvalue weighted by Crippen LogP contribution is 2.43. The molecule has 2 unspecified atom stereocenters. The topological polar surface area (TPSA) is 107 Å². The summed E-state index contributed by atoms with van der Waals surface area (Å²) in [4.78, 5) is 26.6. The molecular formula is C42H63F2N7O2. The number of ether oxygens (including phenoxy) is 1. The average molecular weight is 736 g/mol. The van der Waals surface area contributed by atoms with E-state index in [-0.39, 0.29) is 42.2 Å². The molecular weight excluding hydrogens is 673 g/mol. The van der Waals surface area contributed by atoms with Crippen LogP contribution in [0.1, 0.15) is 143 Å². The number of imidazole rings is 1. The standard InChI is InChI=1S/C42H63F2N7O2/c1-8-11-23-47-51(10-3)29(5)36(30-14-12-15-30)49-38(31-17-20-42(43,44)21-18-31)35-27-46-40(48-35)50-37(33-19-24-53-41(6,7)26-33)34(28(4)9-2)25-32-16-13-22-45-39(32)52/h23,25,27,31,33,38,49H,5,8-22,24,26H2,1-4,6-7H3,(H,45,52)(H,46,48)/b32-25+,34-28?,47-23-,50-37-. The first-order valence-electron chi connectivity index (χ1n) is 20.2. The predicted octanol–water partition coefficient (Wildman–Crippen LogP) is 9.77. The second kappa shape index (κ2) is 18.2. The molecule has 3 heterocycles. The van der Waals surface area contributed by atoms with Gasteiger partial charge in [0, 0.05) is 50.2 Å². The summed E-state index contributed by atoms with van der Waals surface area (Å²) in [6.07, 6.45) is 15.3. The quantitative estimate of drug-likeness (QED) is 0.0945. The molecule has 5 rings (SSSR count). The Hall–Kier alpha value is -3.60. The molecule has 292 valence electrons. The molecule has 0 spiro atoms. The number of hydrogen-bond acceptors (Lipinski definition) is 7. The van der Waals surface area contributed by atoms with Gasteiger partial charge in [0.15, 0.2) is 0 Å². The van der Waals surface area contributed by atoms with Gasteiger partial charge in [-0.3, -0.25) is 9.80 Å². The lowest BCUT2D eigenvalue weighted by atomic mass is 9.80. The van der Waals surface area contributed by atoms with Gasteiger partial charge in [0.2, 0.25) is 17.8 Å². The van der Waals surface area contributed by atoms with Gasteiger partial charge in [-0.25, -0.2) is 18.8 Å². The summed E-state index contributed by atoms with van der Waals surface area (Å²) in [6, 6.07) is -0.299. The third kappa shape index (κ3) is 10.5. The Labute approximate surface area is 316 Å². The number of aromatic amines is 1. The summed E-state index contributed by atoms with van der Waals surface area (Å²) >= 11 is 0. The third-order valence-electron chi connectivity index (χ3n) is 11.4. The zero-order valence-corrected chi connectivity index (χ0v) is 33.1. The van der Waals surface area contributed by atoms with Crippen LogP contribution < -0.4 is 10.6 Å². The van der Waals surface area contributed by atoms with Gasteiger partial charge in [-0.1, -0.05) is 32.4 Å². The fourth-order valence-corrected chi connectivity index (χ4v) is 7.87. The van der Waals surface area contributed by atoms with Gasteiger partial charge in [0.25, 0.3) is 0 Å². The van der Waals surface area contributed by atoms with Gasteiger partial charge in [0.1, 0.15) is 0 Å². The number of hydrazone groups is 1. The first kappa shape index (κ1) is 40.6. The molecule has 0 radical (unpaired) electrons. The molecule has 2 atom stereocenters. The van der Waals surface area contributed by atoms with Gasteiger partial charge in [-0.05, 0) is 121 Å². The van der Waals surface area contributed by atoms with Crippen molar-refractivity contribution < 1.29 is 18.3 Å². The predicted molar refractivity (Wildman–Crippen MR) is 210 cm³/mol. The van der Waals surface area contributed by atoms with Crippen LogP contribution in [0.15, 0.2) is 62.6 Å². The summed E-state index contributed by atoms with van der Waals surface area (Å²) in [6.45, 7) is 19.1. The van der Waals surface area contributed by atoms with Crippen LogP contribution in [0, 0.1) is 11.8 Å². The Morgan fingerprint density at radius 1 is 1.17 bits per heavy atom. The highest BCUT2D eigenvalue weighted by atomic mass is 19.3. The summed E-state index contributed by atoms with van der Waals surface area (Å²) in [5.74, 6) is -2.15. The maximum Gasteiger partial charge on any atom is 0.248 e. The van der Waals surface area contributed by atoms with Crippen molar-refractivity contribution in [3.63, 3.8) is 0 Å². The lowest BCUT2D eigenvalue weighted by molar-refractivity contribution is -0.118. The van der Waals surface area contributed by atoms with E-state index in [9.17, 15) is 13.6 Å². The van der Waals surface area contributed by atoms with Crippen molar-refractivity contribution in [3.8, 4) is 0 Å². The number of nitrogens with zero attached hydrogens (tertiary/aromatic N) is 4. The van der Waals surface area contributed by atoms with E-state index in [0.717, 1.165) is 104 Å². The zero-order valence-electron chi connectivity index (χ0n) is 33.1. The minimum atomic E-state index is -2.65. The van der Waals surface area contributed by atoms with E-state index in [1.165, 1.54) is 5.57 Å². The number of alkyl halides is 2. The minimum Gasteiger partial charge on any atom is -0.376 e. The maximum absolute atomic E-state index is 14.5. The van der Waals surface area contributed by atoms with Gasteiger partial charge >= 0.3 is 0 Å². The number of allylic oxidation sites excluding steroid dienone is 4. The number of rotatable bonds is 15. The van der Waals surface area contributed by atoms with E-state index < -0.39 is 5.92 Å². The van der Waals surface area contributed by atoms with Crippen LogP contribution in [-0.4, -0.2) is 64.0 Å². The molecule has 53 heavy (non-hydrogen) atoms. The molecule has 3 N–H and O–H groups in total. The number of halogens is 2. The van der Waals surface area contributed by atoms with Crippen molar-refractivity contribution in [1.82, 2.24) is 25.6 Å². The molecule has 2 aliphatic heterocycles. The highest BCUT2D eigenvalue weighted by molar-refractivity contribution is 6.07. The van der Waals surface area contributed by atoms with Crippen LogP contribution >= 0.6 is 0 Å². The number of aliphatic imine (C=N–C) groups is 1. The fourth-order valence-electron chi connectivity index (χ4n) is 7.87. The number of aromatic nitrogens is 2. The Kier molecular flexibility index (Phi) is 13.9. The Morgan fingerprint density at radius 2 is 1.92 bits per heavy atom. The number of hydrogen-bond donors (Lipinski definition) is 3. The van der Waals surface area contributed by atoms with Crippen LogP contribution in [0.25, 0.3) is 0 Å². The molecule has 2 aliphatic carbocycles. The summed E-state index contributed by atoms with van der Waals surface area (Å²) in [5, 5.41) is 13.5. The molecule has 2 saturated carbocycles. The summed E-state index contributed by atoms with van der Waals surface area (Å²) in [7, 11) is 0. The van der Waals surface area contributed by atoms with Gasteiger partial charge in [0.05, 0.1) is 40.6 Å². The summed E-state index contributed by atoms with van der Waals surface area (Å²) in [5.41, 5.74) is 7.36. The summed E-state index contributed by atoms with van der Waals surface area (Å²) < 4.78 is 35.2. The van der Waals surface area contributed by atoms with Crippen LogP contribution in [0.2, 0.25) is 0 Å². The first-order valence-corrected chi connectivity index (χ1v) is 20.2. The van der Waals surface area contributed by atoms with Crippen LogP contribution in [-0.2, 0) is 9.53 Å². The van der Waals surface area contributed by atoms with E-state index in [0.29, 0.717) is 38.5 Å². The molecule has 4 fully saturated rings. The highest BCUT2D eigenvalue weighted by Gasteiger charge is 2.40. The van der Waals surface area contributed by atoms with Crippen LogP contribution in [0.5, 0.6) is 0 Å². The smallest absolute Gasteiger partial charge is 0.248 e. The number of amides is 1. The molecule has 9 nitrogen and oxygen atoms in total. The largest absolute Gasteiger partial charge is 0.376 e. The number of unbranched alkanes of at least 4 members (excludes halogenated alkanes) is 1. The third-order valence-corrected chi connectivity index (χ3v) is 11.4. The fraction of sp³-hybridized carbons (Fsp3) is 0.667.